The summed E-state index contributed by atoms with van der Waals surface area (Å²) in [6.07, 6.45) is 0. The Morgan fingerprint density at radius 3 is 2.57 bits per heavy atom. The van der Waals surface area contributed by atoms with Crippen molar-refractivity contribution in [1.29, 1.82) is 0 Å². The number of phenolic OH excluding ortho intramolecular Hbond substituents is 1. The maximum atomic E-state index is 12.0. The molecule has 2 rings (SSSR count). The summed E-state index contributed by atoms with van der Waals surface area (Å²) in [7, 11) is 0. The topological polar surface area (TPSA) is 92.5 Å². The summed E-state index contributed by atoms with van der Waals surface area (Å²) in [5.41, 5.74) is 1.02. The summed E-state index contributed by atoms with van der Waals surface area (Å²) in [6, 6.07) is 8.42. The molecule has 6 nitrogen and oxygen atoms in total. The number of nitro benzene ring substituents is 1. The van der Waals surface area contributed by atoms with Gasteiger partial charge in [-0.25, -0.2) is 0 Å². The molecule has 0 spiro atoms. The van der Waals surface area contributed by atoms with Gasteiger partial charge >= 0.3 is 0 Å². The van der Waals surface area contributed by atoms with Crippen LogP contribution >= 0.6 is 11.6 Å². The van der Waals surface area contributed by atoms with E-state index in [1.54, 1.807) is 19.1 Å². The van der Waals surface area contributed by atoms with Gasteiger partial charge in [-0.2, -0.15) is 0 Å². The number of amides is 1. The van der Waals surface area contributed by atoms with Crippen LogP contribution in [0.2, 0.25) is 5.02 Å². The van der Waals surface area contributed by atoms with Crippen molar-refractivity contribution in [3.63, 3.8) is 0 Å². The summed E-state index contributed by atoms with van der Waals surface area (Å²) in [4.78, 5) is 22.1. The van der Waals surface area contributed by atoms with E-state index in [0.29, 0.717) is 11.3 Å². The molecule has 0 saturated heterocycles. The fraction of sp³-hybridized carbons (Fsp3) is 0.0714. The lowest BCUT2D eigenvalue weighted by molar-refractivity contribution is -0.384. The number of hydrogen-bond acceptors (Lipinski definition) is 4. The third-order valence-corrected chi connectivity index (χ3v) is 3.18. The largest absolute Gasteiger partial charge is 0.508 e. The molecule has 0 saturated carbocycles. The summed E-state index contributed by atoms with van der Waals surface area (Å²) in [6.45, 7) is 1.72. The van der Waals surface area contributed by atoms with Crippen LogP contribution in [0.1, 0.15) is 15.9 Å². The van der Waals surface area contributed by atoms with Gasteiger partial charge in [0.05, 0.1) is 4.92 Å². The number of carbonyl (C=O) groups is 1. The van der Waals surface area contributed by atoms with Gasteiger partial charge in [-0.3, -0.25) is 14.9 Å². The predicted octanol–water partition coefficient (Wildman–Crippen LogP) is 3.51. The fourth-order valence-corrected chi connectivity index (χ4v) is 1.94. The van der Waals surface area contributed by atoms with Crippen LogP contribution in [0.25, 0.3) is 0 Å². The van der Waals surface area contributed by atoms with Crippen LogP contribution in [0.15, 0.2) is 36.4 Å². The molecule has 2 aromatic carbocycles. The summed E-state index contributed by atoms with van der Waals surface area (Å²) in [5, 5.41) is 22.7. The van der Waals surface area contributed by atoms with E-state index in [4.69, 9.17) is 11.6 Å². The first-order chi connectivity index (χ1) is 9.88. The maximum absolute atomic E-state index is 12.0. The quantitative estimate of drug-likeness (QED) is 0.670. The number of benzene rings is 2. The molecular formula is C14H11ClN2O4. The van der Waals surface area contributed by atoms with E-state index in [1.165, 1.54) is 24.3 Å². The first kappa shape index (κ1) is 14.8. The van der Waals surface area contributed by atoms with Crippen molar-refractivity contribution in [2.24, 2.45) is 0 Å². The highest BCUT2D eigenvalue weighted by molar-refractivity contribution is 6.33. The molecule has 0 bridgehead atoms. The lowest BCUT2D eigenvalue weighted by atomic mass is 10.1. The molecular weight excluding hydrogens is 296 g/mol. The number of nitrogens with one attached hydrogen (secondary N) is 1. The lowest BCUT2D eigenvalue weighted by Gasteiger charge is -2.07. The SMILES string of the molecule is Cc1ccc(C(=O)Nc2ccc([N+](=O)[O-])c(Cl)c2)cc1O. The Kier molecular flexibility index (Phi) is 4.09. The third-order valence-electron chi connectivity index (χ3n) is 2.87. The van der Waals surface area contributed by atoms with Crippen molar-refractivity contribution in [3.8, 4) is 5.75 Å². The molecule has 0 aliphatic heterocycles. The zero-order chi connectivity index (χ0) is 15.6. The van der Waals surface area contributed by atoms with Gasteiger partial charge < -0.3 is 10.4 Å². The number of nitrogens with zero attached hydrogens (tertiary/aromatic N) is 1. The van der Waals surface area contributed by atoms with Crippen LogP contribution in [0.5, 0.6) is 5.75 Å². The molecule has 0 unspecified atom stereocenters. The molecule has 0 atom stereocenters. The molecule has 0 aliphatic rings. The van der Waals surface area contributed by atoms with E-state index in [-0.39, 0.29) is 22.0 Å². The smallest absolute Gasteiger partial charge is 0.288 e. The fourth-order valence-electron chi connectivity index (χ4n) is 1.69. The highest BCUT2D eigenvalue weighted by atomic mass is 35.5. The minimum Gasteiger partial charge on any atom is -0.508 e. The number of phenols is 1. The highest BCUT2D eigenvalue weighted by Gasteiger charge is 2.14. The average Bonchev–Trinajstić information content (AvgIpc) is 2.41. The van der Waals surface area contributed by atoms with E-state index >= 15 is 0 Å². The number of aromatic hydroxyl groups is 1. The number of rotatable bonds is 3. The Morgan fingerprint density at radius 1 is 1.29 bits per heavy atom. The van der Waals surface area contributed by atoms with Crippen molar-refractivity contribution >= 4 is 28.9 Å². The first-order valence-corrected chi connectivity index (χ1v) is 6.31. The normalized spacial score (nSPS) is 10.2. The maximum Gasteiger partial charge on any atom is 0.288 e. The van der Waals surface area contributed by atoms with Crippen molar-refractivity contribution in [1.82, 2.24) is 0 Å². The molecule has 2 N–H and O–H groups in total. The Bertz CT molecular complexity index is 731. The van der Waals surface area contributed by atoms with E-state index in [0.717, 1.165) is 0 Å². The number of hydrogen-bond donors (Lipinski definition) is 2. The van der Waals surface area contributed by atoms with Gasteiger partial charge in [0.25, 0.3) is 11.6 Å². The molecule has 0 fully saturated rings. The molecule has 0 aromatic heterocycles. The number of carbonyl (C=O) groups excluding carboxylic acids is 1. The summed E-state index contributed by atoms with van der Waals surface area (Å²) in [5.74, 6) is -0.431. The monoisotopic (exact) mass is 306 g/mol. The number of halogens is 1. The van der Waals surface area contributed by atoms with Crippen molar-refractivity contribution in [2.45, 2.75) is 6.92 Å². The van der Waals surface area contributed by atoms with E-state index in [1.807, 2.05) is 0 Å². The Hall–Kier alpha value is -2.60. The summed E-state index contributed by atoms with van der Waals surface area (Å²) >= 11 is 5.77. The second-order valence-electron chi connectivity index (χ2n) is 4.38. The third kappa shape index (κ3) is 3.29. The van der Waals surface area contributed by atoms with Gasteiger partial charge in [0.2, 0.25) is 0 Å². The van der Waals surface area contributed by atoms with Gasteiger partial charge in [-0.15, -0.1) is 0 Å². The van der Waals surface area contributed by atoms with Crippen LogP contribution in [-0.2, 0) is 0 Å². The minimum atomic E-state index is -0.605. The zero-order valence-corrected chi connectivity index (χ0v) is 11.7. The van der Waals surface area contributed by atoms with E-state index in [9.17, 15) is 20.0 Å². The van der Waals surface area contributed by atoms with Crippen LogP contribution in [0.4, 0.5) is 11.4 Å². The number of aryl methyl sites for hydroxylation is 1. The van der Waals surface area contributed by atoms with Crippen LogP contribution in [-0.4, -0.2) is 15.9 Å². The second-order valence-corrected chi connectivity index (χ2v) is 4.79. The van der Waals surface area contributed by atoms with Crippen molar-refractivity contribution < 1.29 is 14.8 Å². The standard InChI is InChI=1S/C14H11ClN2O4/c1-8-2-3-9(6-13(8)18)14(19)16-10-4-5-12(17(20)21)11(15)7-10/h2-7,18H,1H3,(H,16,19). The second kappa shape index (κ2) is 5.80. The highest BCUT2D eigenvalue weighted by Crippen LogP contribution is 2.27. The molecule has 1 amide bonds. The average molecular weight is 307 g/mol. The van der Waals surface area contributed by atoms with Gasteiger partial charge in [0.15, 0.2) is 0 Å². The Labute approximate surface area is 125 Å². The molecule has 0 aliphatic carbocycles. The van der Waals surface area contributed by atoms with Gasteiger partial charge in [-0.05, 0) is 36.8 Å². The minimum absolute atomic E-state index is 0.0179. The summed E-state index contributed by atoms with van der Waals surface area (Å²) < 4.78 is 0. The van der Waals surface area contributed by atoms with E-state index in [2.05, 4.69) is 5.32 Å². The van der Waals surface area contributed by atoms with Crippen LogP contribution in [0.3, 0.4) is 0 Å². The molecule has 7 heteroatoms. The molecule has 0 radical (unpaired) electrons. The van der Waals surface area contributed by atoms with Gasteiger partial charge in [-0.1, -0.05) is 17.7 Å². The molecule has 21 heavy (non-hydrogen) atoms. The van der Waals surface area contributed by atoms with Crippen LogP contribution < -0.4 is 5.32 Å². The molecule has 108 valence electrons. The molecule has 0 heterocycles. The number of anilines is 1. The lowest BCUT2D eigenvalue weighted by Crippen LogP contribution is -2.11. The van der Waals surface area contributed by atoms with Gasteiger partial charge in [0, 0.05) is 17.3 Å². The first-order valence-electron chi connectivity index (χ1n) is 5.93. The molecule has 2 aromatic rings. The van der Waals surface area contributed by atoms with E-state index < -0.39 is 10.8 Å². The predicted molar refractivity (Wildman–Crippen MR) is 78.9 cm³/mol. The Morgan fingerprint density at radius 2 is 2.00 bits per heavy atom. The number of nitro groups is 1. The van der Waals surface area contributed by atoms with Crippen molar-refractivity contribution in [3.05, 3.63) is 62.7 Å². The van der Waals surface area contributed by atoms with Crippen molar-refractivity contribution in [2.75, 3.05) is 5.32 Å². The van der Waals surface area contributed by atoms with Crippen LogP contribution in [0, 0.1) is 17.0 Å². The van der Waals surface area contributed by atoms with Gasteiger partial charge in [0.1, 0.15) is 10.8 Å². The zero-order valence-electron chi connectivity index (χ0n) is 11.0. The Balaban J connectivity index is 2.21.